The third kappa shape index (κ3) is 4.38. The Balaban J connectivity index is 1.61. The van der Waals surface area contributed by atoms with E-state index in [9.17, 15) is 4.79 Å². The van der Waals surface area contributed by atoms with Gasteiger partial charge in [0, 0.05) is 5.69 Å². The van der Waals surface area contributed by atoms with E-state index in [0.29, 0.717) is 35.3 Å². The first-order valence-corrected chi connectivity index (χ1v) is 8.21. The van der Waals surface area contributed by atoms with Crippen LogP contribution in [0.4, 0.5) is 5.69 Å². The lowest BCUT2D eigenvalue weighted by Gasteiger charge is -2.10. The van der Waals surface area contributed by atoms with Gasteiger partial charge in [0.2, 0.25) is 0 Å². The molecular formula is C19H19N3O4. The maximum absolute atomic E-state index is 12.1. The second-order valence-corrected chi connectivity index (χ2v) is 5.44. The number of benzene rings is 2. The number of hydrogen-bond acceptors (Lipinski definition) is 6. The van der Waals surface area contributed by atoms with E-state index in [-0.39, 0.29) is 12.5 Å². The summed E-state index contributed by atoms with van der Waals surface area (Å²) in [5, 5.41) is 6.55. The summed E-state index contributed by atoms with van der Waals surface area (Å²) >= 11 is 0. The Kier molecular flexibility index (Phi) is 5.48. The Labute approximate surface area is 150 Å². The SMILES string of the molecule is CCOc1ccc(NC(=O)COc2ccccc2-c2nc(C)no2)cc1. The highest BCUT2D eigenvalue weighted by Gasteiger charge is 2.13. The van der Waals surface area contributed by atoms with Crippen LogP contribution in [-0.2, 0) is 4.79 Å². The smallest absolute Gasteiger partial charge is 0.262 e. The predicted molar refractivity (Wildman–Crippen MR) is 96.2 cm³/mol. The topological polar surface area (TPSA) is 86.5 Å². The van der Waals surface area contributed by atoms with Crippen molar-refractivity contribution in [3.05, 3.63) is 54.4 Å². The monoisotopic (exact) mass is 353 g/mol. The van der Waals surface area contributed by atoms with Crippen LogP contribution in [0.2, 0.25) is 0 Å². The van der Waals surface area contributed by atoms with Crippen molar-refractivity contribution in [2.45, 2.75) is 13.8 Å². The second-order valence-electron chi connectivity index (χ2n) is 5.44. The minimum atomic E-state index is -0.273. The van der Waals surface area contributed by atoms with Crippen molar-refractivity contribution in [2.24, 2.45) is 0 Å². The van der Waals surface area contributed by atoms with Crippen LogP contribution in [0.3, 0.4) is 0 Å². The van der Waals surface area contributed by atoms with Crippen LogP contribution < -0.4 is 14.8 Å². The summed E-state index contributed by atoms with van der Waals surface area (Å²) in [6.07, 6.45) is 0. The highest BCUT2D eigenvalue weighted by Crippen LogP contribution is 2.28. The van der Waals surface area contributed by atoms with Crippen LogP contribution >= 0.6 is 0 Å². The summed E-state index contributed by atoms with van der Waals surface area (Å²) in [7, 11) is 0. The minimum Gasteiger partial charge on any atom is -0.494 e. The summed E-state index contributed by atoms with van der Waals surface area (Å²) < 4.78 is 16.2. The van der Waals surface area contributed by atoms with Crippen molar-refractivity contribution in [2.75, 3.05) is 18.5 Å². The van der Waals surface area contributed by atoms with E-state index in [2.05, 4.69) is 15.5 Å². The number of rotatable bonds is 7. The number of carbonyl (C=O) groups excluding carboxylic acids is 1. The molecule has 0 fully saturated rings. The molecule has 0 saturated carbocycles. The van der Waals surface area contributed by atoms with Crippen LogP contribution in [-0.4, -0.2) is 29.3 Å². The van der Waals surface area contributed by atoms with E-state index in [0.717, 1.165) is 5.75 Å². The predicted octanol–water partition coefficient (Wildman–Crippen LogP) is 3.46. The fourth-order valence-electron chi connectivity index (χ4n) is 2.32. The highest BCUT2D eigenvalue weighted by molar-refractivity contribution is 5.92. The summed E-state index contributed by atoms with van der Waals surface area (Å²) in [5.41, 5.74) is 1.31. The molecule has 0 saturated heterocycles. The van der Waals surface area contributed by atoms with Crippen molar-refractivity contribution in [1.82, 2.24) is 10.1 Å². The molecule has 0 aliphatic heterocycles. The molecule has 7 heteroatoms. The van der Waals surface area contributed by atoms with Gasteiger partial charge in [0.1, 0.15) is 11.5 Å². The quantitative estimate of drug-likeness (QED) is 0.700. The average molecular weight is 353 g/mol. The number of aromatic nitrogens is 2. The molecule has 7 nitrogen and oxygen atoms in total. The van der Waals surface area contributed by atoms with Crippen LogP contribution in [0.25, 0.3) is 11.5 Å². The molecule has 1 heterocycles. The molecule has 3 aromatic rings. The molecule has 1 amide bonds. The zero-order chi connectivity index (χ0) is 18.4. The minimum absolute atomic E-state index is 0.142. The Hall–Kier alpha value is -3.35. The molecule has 1 aromatic heterocycles. The Morgan fingerprint density at radius 2 is 1.88 bits per heavy atom. The highest BCUT2D eigenvalue weighted by atomic mass is 16.5. The Morgan fingerprint density at radius 1 is 1.12 bits per heavy atom. The van der Waals surface area contributed by atoms with E-state index in [4.69, 9.17) is 14.0 Å². The summed E-state index contributed by atoms with van der Waals surface area (Å²) in [6.45, 7) is 4.11. The zero-order valence-corrected chi connectivity index (χ0v) is 14.6. The standard InChI is InChI=1S/C19H19N3O4/c1-3-24-15-10-8-14(9-11-15)21-18(23)12-25-17-7-5-4-6-16(17)19-20-13(2)22-26-19/h4-11H,3,12H2,1-2H3,(H,21,23). The van der Waals surface area contributed by atoms with E-state index in [1.165, 1.54) is 0 Å². The maximum Gasteiger partial charge on any atom is 0.262 e. The van der Waals surface area contributed by atoms with E-state index in [1.54, 1.807) is 43.3 Å². The molecule has 0 aliphatic rings. The lowest BCUT2D eigenvalue weighted by molar-refractivity contribution is -0.118. The number of nitrogens with zero attached hydrogens (tertiary/aromatic N) is 2. The van der Waals surface area contributed by atoms with E-state index in [1.807, 2.05) is 19.1 Å². The summed E-state index contributed by atoms with van der Waals surface area (Å²) in [4.78, 5) is 16.3. The number of carbonyl (C=O) groups is 1. The Morgan fingerprint density at radius 3 is 2.58 bits per heavy atom. The van der Waals surface area contributed by atoms with Crippen molar-refractivity contribution < 1.29 is 18.8 Å². The average Bonchev–Trinajstić information content (AvgIpc) is 3.08. The maximum atomic E-state index is 12.1. The molecule has 0 aliphatic carbocycles. The van der Waals surface area contributed by atoms with Gasteiger partial charge in [-0.3, -0.25) is 4.79 Å². The fraction of sp³-hybridized carbons (Fsp3) is 0.211. The first-order chi connectivity index (χ1) is 12.7. The fourth-order valence-corrected chi connectivity index (χ4v) is 2.32. The molecule has 1 N–H and O–H groups in total. The van der Waals surface area contributed by atoms with Crippen LogP contribution in [0.15, 0.2) is 53.1 Å². The van der Waals surface area contributed by atoms with Crippen molar-refractivity contribution in [1.29, 1.82) is 0 Å². The lowest BCUT2D eigenvalue weighted by atomic mass is 10.2. The molecular weight excluding hydrogens is 334 g/mol. The number of ether oxygens (including phenoxy) is 2. The Bertz CT molecular complexity index is 875. The van der Waals surface area contributed by atoms with Crippen molar-refractivity contribution in [3.63, 3.8) is 0 Å². The van der Waals surface area contributed by atoms with Gasteiger partial charge in [0.15, 0.2) is 12.4 Å². The number of anilines is 1. The number of hydrogen-bond donors (Lipinski definition) is 1. The van der Waals surface area contributed by atoms with E-state index >= 15 is 0 Å². The van der Waals surface area contributed by atoms with Gasteiger partial charge in [-0.05, 0) is 50.2 Å². The van der Waals surface area contributed by atoms with Crippen LogP contribution in [0, 0.1) is 6.92 Å². The summed E-state index contributed by atoms with van der Waals surface area (Å²) in [5.74, 6) is 1.86. The molecule has 0 radical (unpaired) electrons. The third-order valence-electron chi connectivity index (χ3n) is 3.45. The van der Waals surface area contributed by atoms with E-state index < -0.39 is 0 Å². The number of para-hydroxylation sites is 1. The molecule has 0 atom stereocenters. The zero-order valence-electron chi connectivity index (χ0n) is 14.6. The molecule has 0 spiro atoms. The largest absolute Gasteiger partial charge is 0.494 e. The van der Waals surface area contributed by atoms with Gasteiger partial charge in [-0.2, -0.15) is 4.98 Å². The molecule has 0 unspecified atom stereocenters. The van der Waals surface area contributed by atoms with Gasteiger partial charge in [0.25, 0.3) is 11.8 Å². The van der Waals surface area contributed by atoms with Gasteiger partial charge >= 0.3 is 0 Å². The van der Waals surface area contributed by atoms with Gasteiger partial charge in [-0.25, -0.2) is 0 Å². The molecule has 3 rings (SSSR count). The van der Waals surface area contributed by atoms with Crippen LogP contribution in [0.1, 0.15) is 12.7 Å². The first-order valence-electron chi connectivity index (χ1n) is 8.21. The van der Waals surface area contributed by atoms with Gasteiger partial charge in [-0.1, -0.05) is 17.3 Å². The molecule has 134 valence electrons. The third-order valence-corrected chi connectivity index (χ3v) is 3.45. The number of amides is 1. The van der Waals surface area contributed by atoms with Gasteiger partial charge in [0.05, 0.1) is 12.2 Å². The lowest BCUT2D eigenvalue weighted by Crippen LogP contribution is -2.20. The molecule has 2 aromatic carbocycles. The van der Waals surface area contributed by atoms with Gasteiger partial charge in [-0.15, -0.1) is 0 Å². The number of nitrogens with one attached hydrogen (secondary N) is 1. The first kappa shape index (κ1) is 17.5. The van der Waals surface area contributed by atoms with Gasteiger partial charge < -0.3 is 19.3 Å². The van der Waals surface area contributed by atoms with Crippen molar-refractivity contribution in [3.8, 4) is 23.0 Å². The molecule has 0 bridgehead atoms. The normalized spacial score (nSPS) is 10.4. The van der Waals surface area contributed by atoms with Crippen LogP contribution in [0.5, 0.6) is 11.5 Å². The number of aryl methyl sites for hydroxylation is 1. The molecule has 26 heavy (non-hydrogen) atoms. The summed E-state index contributed by atoms with van der Waals surface area (Å²) in [6, 6.07) is 14.3. The second kappa shape index (κ2) is 8.15. The van der Waals surface area contributed by atoms with Crippen molar-refractivity contribution >= 4 is 11.6 Å².